The number of halogens is 1. The number of carbonyl (C=O) groups excluding carboxylic acids is 3. The third-order valence-corrected chi connectivity index (χ3v) is 8.27. The van der Waals surface area contributed by atoms with E-state index >= 15 is 0 Å². The lowest BCUT2D eigenvalue weighted by atomic mass is 9.69. The van der Waals surface area contributed by atoms with Gasteiger partial charge in [0.15, 0.2) is 17.3 Å². The van der Waals surface area contributed by atoms with Gasteiger partial charge in [0.25, 0.3) is 0 Å². The van der Waals surface area contributed by atoms with E-state index in [4.69, 9.17) is 14.2 Å². The van der Waals surface area contributed by atoms with Crippen LogP contribution in [0.5, 0.6) is 11.5 Å². The van der Waals surface area contributed by atoms with Gasteiger partial charge in [-0.25, -0.2) is 4.39 Å². The van der Waals surface area contributed by atoms with Crippen LogP contribution in [0.3, 0.4) is 0 Å². The maximum atomic E-state index is 14.4. The van der Waals surface area contributed by atoms with Gasteiger partial charge in [0.05, 0.1) is 20.8 Å². The van der Waals surface area contributed by atoms with Crippen LogP contribution in [0.15, 0.2) is 71.2 Å². The summed E-state index contributed by atoms with van der Waals surface area (Å²) >= 11 is 1.45. The van der Waals surface area contributed by atoms with Crippen LogP contribution in [0.4, 0.5) is 10.1 Å². The van der Waals surface area contributed by atoms with Crippen molar-refractivity contribution in [3.8, 4) is 11.5 Å². The average molecular weight is 550 g/mol. The van der Waals surface area contributed by atoms with Crippen molar-refractivity contribution in [3.05, 3.63) is 87.5 Å². The van der Waals surface area contributed by atoms with Gasteiger partial charge >= 0.3 is 5.97 Å². The Labute approximate surface area is 229 Å². The predicted octanol–water partition coefficient (Wildman–Crippen LogP) is 5.61. The second kappa shape index (κ2) is 11.0. The Morgan fingerprint density at radius 2 is 1.77 bits per heavy atom. The summed E-state index contributed by atoms with van der Waals surface area (Å²) in [5.41, 5.74) is 2.06. The van der Waals surface area contributed by atoms with Gasteiger partial charge in [-0.05, 0) is 66.8 Å². The van der Waals surface area contributed by atoms with Crippen LogP contribution in [0, 0.1) is 11.7 Å². The van der Waals surface area contributed by atoms with Crippen molar-refractivity contribution >= 4 is 34.7 Å². The maximum Gasteiger partial charge on any atom is 0.317 e. The number of amides is 1. The third-order valence-electron chi connectivity index (χ3n) is 7.26. The Morgan fingerprint density at radius 3 is 2.41 bits per heavy atom. The number of allylic oxidation sites excluding steroid dienone is 2. The number of ketones is 1. The van der Waals surface area contributed by atoms with E-state index in [1.807, 2.05) is 17.5 Å². The first-order valence-electron chi connectivity index (χ1n) is 12.7. The number of carbonyl (C=O) groups is 3. The molecule has 202 valence electrons. The minimum absolute atomic E-state index is 0.0172. The Kier molecular flexibility index (Phi) is 7.52. The Bertz CT molecular complexity index is 1430. The van der Waals surface area contributed by atoms with E-state index in [-0.39, 0.29) is 31.1 Å². The number of ether oxygens (including phenoxy) is 3. The highest BCUT2D eigenvalue weighted by atomic mass is 32.1. The molecule has 0 bridgehead atoms. The van der Waals surface area contributed by atoms with Crippen LogP contribution in [-0.2, 0) is 19.1 Å². The average Bonchev–Trinajstić information content (AvgIpc) is 3.48. The molecular weight excluding hydrogens is 521 g/mol. The first-order chi connectivity index (χ1) is 18.9. The van der Waals surface area contributed by atoms with E-state index in [0.29, 0.717) is 34.0 Å². The highest BCUT2D eigenvalue weighted by molar-refractivity contribution is 7.10. The number of nitrogens with zero attached hydrogens (tertiary/aromatic N) is 1. The fourth-order valence-electron chi connectivity index (χ4n) is 5.55. The molecule has 39 heavy (non-hydrogen) atoms. The van der Waals surface area contributed by atoms with Crippen LogP contribution in [-0.4, -0.2) is 38.5 Å². The van der Waals surface area contributed by atoms with E-state index in [1.165, 1.54) is 54.7 Å². The molecular formula is C30H28FNO6S. The number of esters is 1. The Hall–Kier alpha value is -3.98. The second-order valence-corrected chi connectivity index (χ2v) is 10.3. The molecule has 3 aromatic rings. The molecule has 1 aliphatic heterocycles. The fourth-order valence-corrected chi connectivity index (χ4v) is 6.41. The molecule has 0 unspecified atom stereocenters. The Balaban J connectivity index is 1.72. The summed E-state index contributed by atoms with van der Waals surface area (Å²) in [4.78, 5) is 43.7. The van der Waals surface area contributed by atoms with Gasteiger partial charge < -0.3 is 14.2 Å². The van der Waals surface area contributed by atoms with E-state index in [2.05, 4.69) is 0 Å². The quantitative estimate of drug-likeness (QED) is 0.281. The summed E-state index contributed by atoms with van der Waals surface area (Å²) in [6, 6.07) is 14.7. The topological polar surface area (TPSA) is 82.1 Å². The summed E-state index contributed by atoms with van der Waals surface area (Å²) in [6.45, 7) is 1.85. The molecule has 2 aromatic carbocycles. The number of benzene rings is 2. The molecule has 2 heterocycles. The van der Waals surface area contributed by atoms with Crippen LogP contribution < -0.4 is 14.4 Å². The van der Waals surface area contributed by atoms with Crippen molar-refractivity contribution in [1.29, 1.82) is 0 Å². The van der Waals surface area contributed by atoms with Gasteiger partial charge in [0.2, 0.25) is 5.91 Å². The zero-order valence-electron chi connectivity index (χ0n) is 21.8. The first-order valence-corrected chi connectivity index (χ1v) is 13.5. The highest BCUT2D eigenvalue weighted by Crippen LogP contribution is 2.50. The van der Waals surface area contributed by atoms with Crippen LogP contribution in [0.25, 0.3) is 0 Å². The van der Waals surface area contributed by atoms with E-state index < -0.39 is 29.5 Å². The van der Waals surface area contributed by atoms with Crippen molar-refractivity contribution in [2.45, 2.75) is 31.6 Å². The largest absolute Gasteiger partial charge is 0.493 e. The van der Waals surface area contributed by atoms with Gasteiger partial charge in [-0.15, -0.1) is 11.3 Å². The summed E-state index contributed by atoms with van der Waals surface area (Å²) < 4.78 is 30.0. The highest BCUT2D eigenvalue weighted by Gasteiger charge is 2.50. The SMILES string of the molecule is CCOC(=O)[C@@H]1C(=O)C2=C(C[C@@H]1c1cccs1)N(c1ccc(F)cc1)C(=O)C[C@@H]2c1ccc(OC)c(OC)c1. The molecule has 0 fully saturated rings. The van der Waals surface area contributed by atoms with Gasteiger partial charge in [0, 0.05) is 40.1 Å². The van der Waals surface area contributed by atoms with E-state index in [0.717, 1.165) is 4.88 Å². The third kappa shape index (κ3) is 4.83. The lowest BCUT2D eigenvalue weighted by Crippen LogP contribution is -2.46. The van der Waals surface area contributed by atoms with Crippen molar-refractivity contribution in [3.63, 3.8) is 0 Å². The summed E-state index contributed by atoms with van der Waals surface area (Å²) in [6.07, 6.45) is 0.245. The van der Waals surface area contributed by atoms with Gasteiger partial charge in [-0.2, -0.15) is 0 Å². The summed E-state index contributed by atoms with van der Waals surface area (Å²) in [5.74, 6) is -2.79. The number of hydrogen-bond donors (Lipinski definition) is 0. The molecule has 1 aliphatic carbocycles. The monoisotopic (exact) mass is 549 g/mol. The number of thiophene rings is 1. The molecule has 1 amide bonds. The molecule has 2 aliphatic rings. The number of rotatable bonds is 7. The van der Waals surface area contributed by atoms with Gasteiger partial charge in [-0.1, -0.05) is 12.1 Å². The number of methoxy groups -OCH3 is 2. The normalized spacial score (nSPS) is 21.0. The number of Topliss-reactive ketones (excluding diaryl/α,β-unsaturated/α-hetero) is 1. The van der Waals surface area contributed by atoms with Crippen molar-refractivity contribution in [1.82, 2.24) is 0 Å². The first kappa shape index (κ1) is 26.6. The van der Waals surface area contributed by atoms with Crippen molar-refractivity contribution in [2.75, 3.05) is 25.7 Å². The zero-order valence-corrected chi connectivity index (χ0v) is 22.6. The smallest absolute Gasteiger partial charge is 0.317 e. The molecule has 0 spiro atoms. The second-order valence-electron chi connectivity index (χ2n) is 9.36. The Morgan fingerprint density at radius 1 is 1.03 bits per heavy atom. The minimum atomic E-state index is -1.05. The molecule has 0 radical (unpaired) electrons. The molecule has 3 atom stereocenters. The fraction of sp³-hybridized carbons (Fsp3) is 0.300. The lowest BCUT2D eigenvalue weighted by Gasteiger charge is -2.42. The van der Waals surface area contributed by atoms with Crippen molar-refractivity contribution < 1.29 is 33.0 Å². The molecule has 0 saturated carbocycles. The minimum Gasteiger partial charge on any atom is -0.493 e. The lowest BCUT2D eigenvalue weighted by molar-refractivity contribution is -0.152. The molecule has 0 N–H and O–H groups in total. The van der Waals surface area contributed by atoms with E-state index in [1.54, 1.807) is 25.1 Å². The van der Waals surface area contributed by atoms with Crippen LogP contribution in [0.1, 0.15) is 42.0 Å². The summed E-state index contributed by atoms with van der Waals surface area (Å²) in [7, 11) is 3.05. The van der Waals surface area contributed by atoms with Crippen molar-refractivity contribution in [2.24, 2.45) is 5.92 Å². The molecule has 5 rings (SSSR count). The van der Waals surface area contributed by atoms with Gasteiger partial charge in [-0.3, -0.25) is 19.3 Å². The van der Waals surface area contributed by atoms with Crippen LogP contribution >= 0.6 is 11.3 Å². The molecule has 1 aromatic heterocycles. The summed E-state index contributed by atoms with van der Waals surface area (Å²) in [5, 5.41) is 1.89. The zero-order chi connectivity index (χ0) is 27.7. The maximum absolute atomic E-state index is 14.4. The number of hydrogen-bond acceptors (Lipinski definition) is 7. The standard InChI is InChI=1S/C30H28FNO6S/c1-4-38-30(35)28-21(25-6-5-13-39-25)15-22-27(29(28)34)20(17-7-12-23(36-2)24(14-17)37-3)16-26(33)32(22)19-10-8-18(31)9-11-19/h5-14,20-21,28H,4,15-16H2,1-3H3/t20-,21-,28+/m1/s1. The molecule has 7 nitrogen and oxygen atoms in total. The molecule has 0 saturated heterocycles. The van der Waals surface area contributed by atoms with E-state index in [9.17, 15) is 18.8 Å². The number of anilines is 1. The predicted molar refractivity (Wildman–Crippen MR) is 145 cm³/mol. The van der Waals surface area contributed by atoms with Crippen LogP contribution in [0.2, 0.25) is 0 Å². The molecule has 9 heteroatoms. The van der Waals surface area contributed by atoms with Gasteiger partial charge in [0.1, 0.15) is 11.7 Å².